The zero-order valence-corrected chi connectivity index (χ0v) is 12.1. The van der Waals surface area contributed by atoms with Gasteiger partial charge in [-0.15, -0.1) is 12.4 Å². The van der Waals surface area contributed by atoms with Crippen molar-refractivity contribution in [1.29, 1.82) is 0 Å². The zero-order chi connectivity index (χ0) is 14.8. The summed E-state index contributed by atoms with van der Waals surface area (Å²) in [5.74, 6) is -1.43. The number of rotatable bonds is 4. The van der Waals surface area contributed by atoms with Gasteiger partial charge in [0.15, 0.2) is 0 Å². The molecule has 9 heteroatoms. The van der Waals surface area contributed by atoms with E-state index in [1.54, 1.807) is 6.92 Å². The first kappa shape index (κ1) is 19.1. The van der Waals surface area contributed by atoms with E-state index in [4.69, 9.17) is 5.73 Å². The first-order valence-corrected chi connectivity index (χ1v) is 6.96. The molecule has 116 valence electrons. The highest BCUT2D eigenvalue weighted by atomic mass is 35.5. The normalized spacial score (nSPS) is 13.7. The maximum atomic E-state index is 13.9. The van der Waals surface area contributed by atoms with Crippen molar-refractivity contribution in [3.05, 3.63) is 29.6 Å². The number of halogens is 5. The largest absolute Gasteiger partial charge is 0.502 e. The fourth-order valence-corrected chi connectivity index (χ4v) is 2.47. The van der Waals surface area contributed by atoms with Gasteiger partial charge in [-0.1, -0.05) is 25.5 Å². The van der Waals surface area contributed by atoms with Crippen LogP contribution in [0.5, 0.6) is 0 Å². The molecule has 0 unspecified atom stereocenters. The molecule has 0 aliphatic carbocycles. The molecule has 0 bridgehead atoms. The van der Waals surface area contributed by atoms with Gasteiger partial charge in [0.1, 0.15) is 10.7 Å². The molecule has 1 rings (SSSR count). The van der Waals surface area contributed by atoms with E-state index < -0.39 is 32.1 Å². The number of sulfone groups is 1. The van der Waals surface area contributed by atoms with Crippen molar-refractivity contribution in [2.75, 3.05) is 0 Å². The molecule has 0 saturated carbocycles. The highest BCUT2D eigenvalue weighted by Crippen LogP contribution is 2.33. The van der Waals surface area contributed by atoms with Gasteiger partial charge in [-0.3, -0.25) is 0 Å². The van der Waals surface area contributed by atoms with Crippen molar-refractivity contribution < 1.29 is 26.0 Å². The molecule has 0 fully saturated rings. The summed E-state index contributed by atoms with van der Waals surface area (Å²) < 4.78 is 73.5. The monoisotopic (exact) mass is 335 g/mol. The van der Waals surface area contributed by atoms with Crippen molar-refractivity contribution in [2.45, 2.75) is 36.2 Å². The summed E-state index contributed by atoms with van der Waals surface area (Å²) in [5, 5.41) is 0. The molecule has 20 heavy (non-hydrogen) atoms. The van der Waals surface area contributed by atoms with Crippen molar-refractivity contribution >= 4 is 22.2 Å². The Hall–Kier alpha value is -0.860. The third-order valence-corrected chi connectivity index (χ3v) is 4.09. The van der Waals surface area contributed by atoms with Gasteiger partial charge in [0, 0.05) is 11.6 Å². The van der Waals surface area contributed by atoms with Crippen LogP contribution in [0.4, 0.5) is 17.6 Å². The van der Waals surface area contributed by atoms with Gasteiger partial charge >= 0.3 is 5.51 Å². The lowest BCUT2D eigenvalue weighted by molar-refractivity contribution is -0.0437. The minimum atomic E-state index is -5.71. The third kappa shape index (κ3) is 3.62. The summed E-state index contributed by atoms with van der Waals surface area (Å²) in [6, 6.07) is 1.98. The van der Waals surface area contributed by atoms with Gasteiger partial charge in [-0.05, 0) is 12.5 Å². The van der Waals surface area contributed by atoms with Crippen LogP contribution in [-0.2, 0) is 9.84 Å². The fraction of sp³-hybridized carbons (Fsp3) is 0.455. The minimum absolute atomic E-state index is 0. The molecule has 0 aliphatic heterocycles. The highest BCUT2D eigenvalue weighted by Gasteiger charge is 2.48. The molecule has 2 N–H and O–H groups in total. The topological polar surface area (TPSA) is 60.2 Å². The Kier molecular flexibility index (Phi) is 6.44. The van der Waals surface area contributed by atoms with Crippen LogP contribution in [0.3, 0.4) is 0 Å². The van der Waals surface area contributed by atoms with Crippen molar-refractivity contribution in [3.63, 3.8) is 0 Å². The van der Waals surface area contributed by atoms with Crippen molar-refractivity contribution in [2.24, 2.45) is 5.73 Å². The van der Waals surface area contributed by atoms with E-state index >= 15 is 0 Å². The lowest BCUT2D eigenvalue weighted by Crippen LogP contribution is -2.25. The summed E-state index contributed by atoms with van der Waals surface area (Å²) in [6.45, 7) is 1.77. The van der Waals surface area contributed by atoms with Crippen LogP contribution >= 0.6 is 12.4 Å². The summed E-state index contributed by atoms with van der Waals surface area (Å²) in [4.78, 5) is -1.39. The predicted molar refractivity (Wildman–Crippen MR) is 68.7 cm³/mol. The van der Waals surface area contributed by atoms with Gasteiger partial charge in [0.25, 0.3) is 9.84 Å². The molecular formula is C11H14ClF4NO2S. The van der Waals surface area contributed by atoms with E-state index in [0.717, 1.165) is 6.07 Å². The van der Waals surface area contributed by atoms with Gasteiger partial charge in [0.2, 0.25) is 0 Å². The Bertz CT molecular complexity index is 560. The summed E-state index contributed by atoms with van der Waals surface area (Å²) in [6.07, 6.45) is 0.934. The maximum Gasteiger partial charge on any atom is 0.502 e. The third-order valence-electron chi connectivity index (χ3n) is 2.59. The van der Waals surface area contributed by atoms with Crippen LogP contribution in [0.1, 0.15) is 31.4 Å². The smallest absolute Gasteiger partial charge is 0.324 e. The Morgan fingerprint density at radius 1 is 1.30 bits per heavy atom. The van der Waals surface area contributed by atoms with Crippen LogP contribution < -0.4 is 5.73 Å². The molecule has 0 radical (unpaired) electrons. The summed E-state index contributed by atoms with van der Waals surface area (Å²) in [5.41, 5.74) is -0.158. The van der Waals surface area contributed by atoms with Crippen LogP contribution in [0.15, 0.2) is 23.1 Å². The molecule has 1 aromatic rings. The summed E-state index contributed by atoms with van der Waals surface area (Å²) >= 11 is 0. The second-order valence-corrected chi connectivity index (χ2v) is 5.91. The molecule has 0 aromatic heterocycles. The summed E-state index contributed by atoms with van der Waals surface area (Å²) in [7, 11) is -5.71. The molecule has 0 heterocycles. The van der Waals surface area contributed by atoms with Crippen LogP contribution in [-0.4, -0.2) is 13.9 Å². The average Bonchev–Trinajstić information content (AvgIpc) is 2.27. The Balaban J connectivity index is 0.00000361. The molecule has 1 atom stereocenters. The van der Waals surface area contributed by atoms with Crippen molar-refractivity contribution in [3.8, 4) is 0 Å². The first-order chi connectivity index (χ1) is 8.63. The standard InChI is InChI=1S/C11H13F4NO2S.ClH/c1-2-4-8(16)7-5-3-6-9(10(7)12)19(17,18)11(13,14)15;/h3,5-6,8H,2,4,16H2,1H3;1H/t8-;/m1./s1. The van der Waals surface area contributed by atoms with E-state index in [9.17, 15) is 26.0 Å². The molecule has 0 saturated heterocycles. The second-order valence-electron chi connectivity index (χ2n) is 4.00. The quantitative estimate of drug-likeness (QED) is 0.858. The van der Waals surface area contributed by atoms with E-state index in [0.29, 0.717) is 18.9 Å². The van der Waals surface area contributed by atoms with Gasteiger partial charge < -0.3 is 5.73 Å². The van der Waals surface area contributed by atoms with E-state index in [2.05, 4.69) is 0 Å². The molecule has 1 aromatic carbocycles. The Morgan fingerprint density at radius 3 is 2.30 bits per heavy atom. The molecule has 0 aliphatic rings. The fourth-order valence-electron chi connectivity index (χ4n) is 1.61. The lowest BCUT2D eigenvalue weighted by atomic mass is 10.0. The molecular weight excluding hydrogens is 322 g/mol. The number of nitrogens with two attached hydrogens (primary N) is 1. The van der Waals surface area contributed by atoms with E-state index in [-0.39, 0.29) is 18.0 Å². The van der Waals surface area contributed by atoms with Crippen LogP contribution in [0.25, 0.3) is 0 Å². The SMILES string of the molecule is CCC[C@@H](N)c1cccc(S(=O)(=O)C(F)(F)F)c1F.Cl. The second kappa shape index (κ2) is 6.73. The molecule has 0 spiro atoms. The zero-order valence-electron chi connectivity index (χ0n) is 10.4. The minimum Gasteiger partial charge on any atom is -0.324 e. The Labute approximate surface area is 120 Å². The van der Waals surface area contributed by atoms with E-state index in [1.165, 1.54) is 6.07 Å². The average molecular weight is 336 g/mol. The number of alkyl halides is 3. The predicted octanol–water partition coefficient (Wildman–Crippen LogP) is 3.34. The maximum absolute atomic E-state index is 13.9. The highest BCUT2D eigenvalue weighted by molar-refractivity contribution is 7.92. The molecule has 0 amide bonds. The van der Waals surface area contributed by atoms with Gasteiger partial charge in [-0.25, -0.2) is 12.8 Å². The lowest BCUT2D eigenvalue weighted by Gasteiger charge is -2.15. The van der Waals surface area contributed by atoms with Crippen LogP contribution in [0, 0.1) is 5.82 Å². The number of hydrogen-bond acceptors (Lipinski definition) is 3. The Morgan fingerprint density at radius 2 is 1.85 bits per heavy atom. The molecule has 3 nitrogen and oxygen atoms in total. The van der Waals surface area contributed by atoms with E-state index in [1.807, 2.05) is 0 Å². The van der Waals surface area contributed by atoms with Crippen LogP contribution in [0.2, 0.25) is 0 Å². The first-order valence-electron chi connectivity index (χ1n) is 5.48. The van der Waals surface area contributed by atoms with Gasteiger partial charge in [-0.2, -0.15) is 13.2 Å². The number of benzene rings is 1. The van der Waals surface area contributed by atoms with Crippen molar-refractivity contribution in [1.82, 2.24) is 0 Å². The van der Waals surface area contributed by atoms with Gasteiger partial charge in [0.05, 0.1) is 0 Å². The number of hydrogen-bond donors (Lipinski definition) is 1.